The van der Waals surface area contributed by atoms with Gasteiger partial charge in [0.25, 0.3) is 5.91 Å². The molecule has 0 saturated carbocycles. The second-order valence-electron chi connectivity index (χ2n) is 6.71. The van der Waals surface area contributed by atoms with Gasteiger partial charge in [0.1, 0.15) is 6.04 Å². The highest BCUT2D eigenvalue weighted by Gasteiger charge is 2.39. The van der Waals surface area contributed by atoms with E-state index in [9.17, 15) is 14.4 Å². The van der Waals surface area contributed by atoms with Crippen LogP contribution in [0.15, 0.2) is 23.4 Å². The zero-order valence-corrected chi connectivity index (χ0v) is 15.4. The molecule has 0 aromatic heterocycles. The summed E-state index contributed by atoms with van der Waals surface area (Å²) in [5.41, 5.74) is 2.18. The first-order valence-electron chi connectivity index (χ1n) is 8.81. The molecule has 0 bridgehead atoms. The van der Waals surface area contributed by atoms with E-state index in [4.69, 9.17) is 0 Å². The first-order valence-corrected chi connectivity index (χ1v) is 8.81. The van der Waals surface area contributed by atoms with Crippen LogP contribution in [0.25, 0.3) is 0 Å². The van der Waals surface area contributed by atoms with Gasteiger partial charge in [-0.05, 0) is 33.4 Å². The fraction of sp³-hybridized carbons (Fsp3) is 0.611. The van der Waals surface area contributed by atoms with Crippen molar-refractivity contribution in [2.75, 3.05) is 33.2 Å². The molecule has 25 heavy (non-hydrogen) atoms. The summed E-state index contributed by atoms with van der Waals surface area (Å²) >= 11 is 0. The molecule has 0 aliphatic carbocycles. The van der Waals surface area contributed by atoms with Gasteiger partial charge in [-0.1, -0.05) is 13.5 Å². The molecule has 7 heteroatoms. The van der Waals surface area contributed by atoms with Gasteiger partial charge in [-0.25, -0.2) is 0 Å². The molecule has 138 valence electrons. The van der Waals surface area contributed by atoms with Gasteiger partial charge in [0, 0.05) is 42.9 Å². The summed E-state index contributed by atoms with van der Waals surface area (Å²) in [4.78, 5) is 39.7. The summed E-state index contributed by atoms with van der Waals surface area (Å²) in [5.74, 6) is -0.825. The van der Waals surface area contributed by atoms with Crippen LogP contribution in [0.4, 0.5) is 0 Å². The van der Waals surface area contributed by atoms with Crippen LogP contribution in [0, 0.1) is 0 Å². The maximum absolute atomic E-state index is 12.5. The molecule has 7 nitrogen and oxygen atoms in total. The predicted octanol–water partition coefficient (Wildman–Crippen LogP) is 0.395. The van der Waals surface area contributed by atoms with Crippen molar-refractivity contribution in [2.24, 2.45) is 0 Å². The van der Waals surface area contributed by atoms with E-state index in [0.29, 0.717) is 18.5 Å². The Labute approximate surface area is 149 Å². The molecular formula is C18H28N4O3. The van der Waals surface area contributed by atoms with Crippen LogP contribution in [0.3, 0.4) is 0 Å². The number of likely N-dealkylation sites (N-methyl/N-ethyl adjacent to an activating group) is 1. The Kier molecular flexibility index (Phi) is 6.36. The monoisotopic (exact) mass is 348 g/mol. The van der Waals surface area contributed by atoms with Crippen molar-refractivity contribution < 1.29 is 14.4 Å². The van der Waals surface area contributed by atoms with E-state index in [2.05, 4.69) is 36.1 Å². The van der Waals surface area contributed by atoms with Gasteiger partial charge < -0.3 is 15.1 Å². The Morgan fingerprint density at radius 1 is 1.36 bits per heavy atom. The fourth-order valence-corrected chi connectivity index (χ4v) is 3.26. The standard InChI is InChI=1S/C18H28N4O3/c1-5-9-21(4)10-8-19-13(3)14-11-22(18(25)12(14)2)15-6-7-16(23)20-17(15)24/h15,19H,3,5-11H2,1-2,4H3,(H,20,23,24). The molecule has 0 aromatic rings. The number of amides is 3. The number of piperidine rings is 1. The van der Waals surface area contributed by atoms with E-state index >= 15 is 0 Å². The third-order valence-corrected chi connectivity index (χ3v) is 4.75. The zero-order valence-electron chi connectivity index (χ0n) is 15.4. The van der Waals surface area contributed by atoms with Gasteiger partial charge in [0.2, 0.25) is 11.8 Å². The number of nitrogens with one attached hydrogen (secondary N) is 2. The molecule has 2 aliphatic rings. The van der Waals surface area contributed by atoms with Crippen LogP contribution in [-0.2, 0) is 14.4 Å². The average molecular weight is 348 g/mol. The Bertz CT molecular complexity index is 611. The maximum Gasteiger partial charge on any atom is 0.250 e. The highest BCUT2D eigenvalue weighted by molar-refractivity contribution is 6.05. The minimum Gasteiger partial charge on any atom is -0.384 e. The van der Waals surface area contributed by atoms with Crippen molar-refractivity contribution in [3.8, 4) is 0 Å². The SMILES string of the molecule is C=C(NCCN(C)CCC)C1=C(C)C(=O)N(C2CCC(=O)NC2=O)C1. The molecule has 0 aromatic carbocycles. The molecule has 2 heterocycles. The summed E-state index contributed by atoms with van der Waals surface area (Å²) in [5, 5.41) is 5.59. The Balaban J connectivity index is 1.93. The highest BCUT2D eigenvalue weighted by atomic mass is 16.2. The minimum absolute atomic E-state index is 0.157. The summed E-state index contributed by atoms with van der Waals surface area (Å²) in [7, 11) is 2.07. The van der Waals surface area contributed by atoms with Crippen LogP contribution < -0.4 is 10.6 Å². The molecule has 1 fully saturated rings. The summed E-state index contributed by atoms with van der Waals surface area (Å²) in [6.07, 6.45) is 1.74. The Morgan fingerprint density at radius 2 is 2.08 bits per heavy atom. The third kappa shape index (κ3) is 4.48. The van der Waals surface area contributed by atoms with Crippen molar-refractivity contribution in [1.82, 2.24) is 20.4 Å². The quantitative estimate of drug-likeness (QED) is 0.621. The summed E-state index contributed by atoms with van der Waals surface area (Å²) in [6, 6.07) is -0.582. The normalized spacial score (nSPS) is 21.2. The van der Waals surface area contributed by atoms with Gasteiger partial charge in [-0.3, -0.25) is 19.7 Å². The third-order valence-electron chi connectivity index (χ3n) is 4.75. The van der Waals surface area contributed by atoms with Crippen molar-refractivity contribution in [3.05, 3.63) is 23.4 Å². The number of rotatable bonds is 8. The lowest BCUT2D eigenvalue weighted by Gasteiger charge is -2.30. The largest absolute Gasteiger partial charge is 0.384 e. The van der Waals surface area contributed by atoms with Gasteiger partial charge in [-0.2, -0.15) is 0 Å². The Hall–Kier alpha value is -2.15. The lowest BCUT2D eigenvalue weighted by atomic mass is 10.0. The lowest BCUT2D eigenvalue weighted by Crippen LogP contribution is -2.53. The van der Waals surface area contributed by atoms with Crippen molar-refractivity contribution in [2.45, 2.75) is 39.2 Å². The van der Waals surface area contributed by atoms with E-state index in [0.717, 1.165) is 37.3 Å². The number of imide groups is 1. The topological polar surface area (TPSA) is 81.8 Å². The minimum atomic E-state index is -0.582. The van der Waals surface area contributed by atoms with Crippen LogP contribution in [0.1, 0.15) is 33.1 Å². The van der Waals surface area contributed by atoms with Crippen molar-refractivity contribution in [1.29, 1.82) is 0 Å². The molecular weight excluding hydrogens is 320 g/mol. The molecule has 1 atom stereocenters. The van der Waals surface area contributed by atoms with Crippen LogP contribution >= 0.6 is 0 Å². The average Bonchev–Trinajstić information content (AvgIpc) is 2.84. The first-order chi connectivity index (χ1) is 11.8. The highest BCUT2D eigenvalue weighted by Crippen LogP contribution is 2.27. The maximum atomic E-state index is 12.5. The predicted molar refractivity (Wildman–Crippen MR) is 95.5 cm³/mol. The zero-order chi connectivity index (χ0) is 18.6. The second-order valence-corrected chi connectivity index (χ2v) is 6.71. The molecule has 3 amide bonds. The van der Waals surface area contributed by atoms with Crippen molar-refractivity contribution >= 4 is 17.7 Å². The number of hydrogen-bond donors (Lipinski definition) is 2. The van der Waals surface area contributed by atoms with E-state index in [1.54, 1.807) is 11.8 Å². The second kappa shape index (κ2) is 8.29. The van der Waals surface area contributed by atoms with Crippen LogP contribution in [0.5, 0.6) is 0 Å². The number of hydrogen-bond acceptors (Lipinski definition) is 5. The van der Waals surface area contributed by atoms with E-state index in [-0.39, 0.29) is 18.2 Å². The lowest BCUT2D eigenvalue weighted by molar-refractivity contribution is -0.142. The molecule has 0 spiro atoms. The van der Waals surface area contributed by atoms with Gasteiger partial charge in [0.15, 0.2) is 0 Å². The van der Waals surface area contributed by atoms with Gasteiger partial charge in [0.05, 0.1) is 0 Å². The fourth-order valence-electron chi connectivity index (χ4n) is 3.26. The number of nitrogens with zero attached hydrogens (tertiary/aromatic N) is 2. The smallest absolute Gasteiger partial charge is 0.250 e. The van der Waals surface area contributed by atoms with Gasteiger partial charge >= 0.3 is 0 Å². The van der Waals surface area contributed by atoms with Gasteiger partial charge in [-0.15, -0.1) is 0 Å². The molecule has 2 aliphatic heterocycles. The van der Waals surface area contributed by atoms with Crippen LogP contribution in [0.2, 0.25) is 0 Å². The molecule has 2 rings (SSSR count). The number of carbonyl (C=O) groups excluding carboxylic acids is 3. The molecule has 1 saturated heterocycles. The summed E-state index contributed by atoms with van der Waals surface area (Å²) < 4.78 is 0. The summed E-state index contributed by atoms with van der Waals surface area (Å²) in [6.45, 7) is 11.0. The Morgan fingerprint density at radius 3 is 2.72 bits per heavy atom. The van der Waals surface area contributed by atoms with E-state index < -0.39 is 11.9 Å². The van der Waals surface area contributed by atoms with Crippen LogP contribution in [-0.4, -0.2) is 66.8 Å². The first kappa shape index (κ1) is 19.2. The van der Waals surface area contributed by atoms with E-state index in [1.807, 2.05) is 0 Å². The van der Waals surface area contributed by atoms with E-state index in [1.165, 1.54) is 0 Å². The molecule has 0 radical (unpaired) electrons. The molecule has 1 unspecified atom stereocenters. The molecule has 2 N–H and O–H groups in total. The number of carbonyl (C=O) groups is 3. The van der Waals surface area contributed by atoms with Crippen molar-refractivity contribution in [3.63, 3.8) is 0 Å².